The summed E-state index contributed by atoms with van der Waals surface area (Å²) in [5, 5.41) is 10.8. The van der Waals surface area contributed by atoms with Gasteiger partial charge in [-0.2, -0.15) is 5.01 Å². The van der Waals surface area contributed by atoms with Crippen LogP contribution in [-0.4, -0.2) is 17.5 Å². The Morgan fingerprint density at radius 3 is 1.83 bits per heavy atom. The van der Waals surface area contributed by atoms with E-state index in [1.54, 1.807) is 0 Å². The number of nitrogens with one attached hydrogen (secondary N) is 1. The molecule has 0 spiro atoms. The Labute approximate surface area is 111 Å². The zero-order valence-electron chi connectivity index (χ0n) is 11.7. The molecular formula is C13H28N4O. The molecule has 0 aliphatic rings. The van der Waals surface area contributed by atoms with Crippen LogP contribution < -0.4 is 5.73 Å². The molecule has 0 atom stereocenters. The standard InChI is InChI=1S/C13H28N4O/c1-2-3-4-5-6-7-8-9-10-11-12-17(16-18)13(14)15/h2-12H2,1H3,(H3,14,15). The highest BCUT2D eigenvalue weighted by atomic mass is 16.3. The summed E-state index contributed by atoms with van der Waals surface area (Å²) in [5.74, 6) is -0.263. The summed E-state index contributed by atoms with van der Waals surface area (Å²) in [7, 11) is 0. The maximum absolute atomic E-state index is 10.3. The monoisotopic (exact) mass is 256 g/mol. The molecular weight excluding hydrogens is 228 g/mol. The Kier molecular flexibility index (Phi) is 11.6. The Bertz CT molecular complexity index is 221. The average molecular weight is 256 g/mol. The third-order valence-electron chi connectivity index (χ3n) is 3.10. The first-order valence-corrected chi connectivity index (χ1v) is 7.17. The summed E-state index contributed by atoms with van der Waals surface area (Å²) < 4.78 is 0. The quantitative estimate of drug-likeness (QED) is 0.183. The fourth-order valence-corrected chi connectivity index (χ4v) is 1.95. The van der Waals surface area contributed by atoms with Crippen molar-refractivity contribution in [2.45, 2.75) is 71.1 Å². The molecule has 0 amide bonds. The summed E-state index contributed by atoms with van der Waals surface area (Å²) >= 11 is 0. The van der Waals surface area contributed by atoms with Gasteiger partial charge in [0.05, 0.1) is 5.29 Å². The SMILES string of the molecule is CCCCCCCCCCCCN(N=O)C(=N)N. The smallest absolute Gasteiger partial charge is 0.211 e. The van der Waals surface area contributed by atoms with Crippen molar-refractivity contribution >= 4 is 5.96 Å². The second-order valence-electron chi connectivity index (χ2n) is 4.77. The van der Waals surface area contributed by atoms with Crippen LogP contribution in [0.2, 0.25) is 0 Å². The molecule has 0 aliphatic carbocycles. The highest BCUT2D eigenvalue weighted by molar-refractivity contribution is 5.74. The number of unbranched alkanes of at least 4 members (excludes halogenated alkanes) is 9. The van der Waals surface area contributed by atoms with Gasteiger partial charge in [-0.3, -0.25) is 5.41 Å². The Hall–Kier alpha value is -1.13. The maximum Gasteiger partial charge on any atom is 0.211 e. The van der Waals surface area contributed by atoms with Gasteiger partial charge in [-0.1, -0.05) is 64.7 Å². The van der Waals surface area contributed by atoms with Crippen LogP contribution in [0.4, 0.5) is 0 Å². The lowest BCUT2D eigenvalue weighted by Crippen LogP contribution is -2.32. The van der Waals surface area contributed by atoms with Gasteiger partial charge in [-0.05, 0) is 6.42 Å². The summed E-state index contributed by atoms with van der Waals surface area (Å²) in [6, 6.07) is 0. The number of guanidine groups is 1. The number of nitrogens with two attached hydrogens (primary N) is 1. The van der Waals surface area contributed by atoms with E-state index in [-0.39, 0.29) is 5.96 Å². The maximum atomic E-state index is 10.3. The zero-order chi connectivity index (χ0) is 13.6. The van der Waals surface area contributed by atoms with Crippen LogP contribution in [0.3, 0.4) is 0 Å². The molecule has 3 N–H and O–H groups in total. The first-order chi connectivity index (χ1) is 8.72. The fraction of sp³-hybridized carbons (Fsp3) is 0.923. The van der Waals surface area contributed by atoms with Crippen LogP contribution >= 0.6 is 0 Å². The number of rotatable bonds is 12. The molecule has 0 heterocycles. The topological polar surface area (TPSA) is 82.5 Å². The first kappa shape index (κ1) is 16.9. The lowest BCUT2D eigenvalue weighted by atomic mass is 10.1. The van der Waals surface area contributed by atoms with Crippen molar-refractivity contribution in [3.05, 3.63) is 4.91 Å². The molecule has 106 valence electrons. The van der Waals surface area contributed by atoms with Gasteiger partial charge >= 0.3 is 0 Å². The molecule has 5 heteroatoms. The van der Waals surface area contributed by atoms with Crippen molar-refractivity contribution in [2.75, 3.05) is 6.54 Å². The van der Waals surface area contributed by atoms with Crippen molar-refractivity contribution < 1.29 is 0 Å². The largest absolute Gasteiger partial charge is 0.368 e. The van der Waals surface area contributed by atoms with Crippen molar-refractivity contribution in [3.63, 3.8) is 0 Å². The number of nitroso groups, excluding NO2 is 1. The normalized spacial score (nSPS) is 10.3. The second-order valence-corrected chi connectivity index (χ2v) is 4.77. The van der Waals surface area contributed by atoms with E-state index in [9.17, 15) is 4.91 Å². The third-order valence-corrected chi connectivity index (χ3v) is 3.10. The van der Waals surface area contributed by atoms with Crippen LogP contribution in [0.5, 0.6) is 0 Å². The molecule has 5 nitrogen and oxygen atoms in total. The van der Waals surface area contributed by atoms with Crippen LogP contribution in [0.15, 0.2) is 5.29 Å². The molecule has 0 rings (SSSR count). The minimum Gasteiger partial charge on any atom is -0.368 e. The number of hydrogen-bond acceptors (Lipinski definition) is 3. The molecule has 0 aromatic heterocycles. The minimum atomic E-state index is -0.263. The zero-order valence-corrected chi connectivity index (χ0v) is 11.7. The van der Waals surface area contributed by atoms with Gasteiger partial charge in [0.25, 0.3) is 0 Å². The molecule has 18 heavy (non-hydrogen) atoms. The third kappa shape index (κ3) is 10.1. The molecule has 0 unspecified atom stereocenters. The summed E-state index contributed by atoms with van der Waals surface area (Å²) in [6.45, 7) is 2.70. The molecule has 0 aliphatic heterocycles. The van der Waals surface area contributed by atoms with Crippen molar-refractivity contribution in [1.82, 2.24) is 5.01 Å². The Balaban J connectivity index is 3.20. The fourth-order valence-electron chi connectivity index (χ4n) is 1.95. The van der Waals surface area contributed by atoms with E-state index in [0.29, 0.717) is 6.54 Å². The predicted octanol–water partition coefficient (Wildman–Crippen LogP) is 3.78. The molecule has 0 saturated heterocycles. The Morgan fingerprint density at radius 1 is 1.00 bits per heavy atom. The van der Waals surface area contributed by atoms with Gasteiger partial charge < -0.3 is 5.73 Å². The van der Waals surface area contributed by atoms with Crippen LogP contribution in [0.25, 0.3) is 0 Å². The predicted molar refractivity (Wildman–Crippen MR) is 76.3 cm³/mol. The van der Waals surface area contributed by atoms with E-state index in [4.69, 9.17) is 11.1 Å². The van der Waals surface area contributed by atoms with Crippen LogP contribution in [-0.2, 0) is 0 Å². The van der Waals surface area contributed by atoms with E-state index in [1.165, 1.54) is 51.4 Å². The molecule has 0 bridgehead atoms. The van der Waals surface area contributed by atoms with Crippen molar-refractivity contribution in [2.24, 2.45) is 11.0 Å². The molecule has 0 fully saturated rings. The Morgan fingerprint density at radius 2 is 1.44 bits per heavy atom. The van der Waals surface area contributed by atoms with Crippen molar-refractivity contribution in [3.8, 4) is 0 Å². The van der Waals surface area contributed by atoms with Crippen molar-refractivity contribution in [1.29, 1.82) is 5.41 Å². The second kappa shape index (κ2) is 12.3. The lowest BCUT2D eigenvalue weighted by molar-refractivity contribution is 0.408. The lowest BCUT2D eigenvalue weighted by Gasteiger charge is -2.11. The van der Waals surface area contributed by atoms with Crippen LogP contribution in [0.1, 0.15) is 71.1 Å². The van der Waals surface area contributed by atoms with E-state index in [1.807, 2.05) is 0 Å². The number of hydrogen-bond donors (Lipinski definition) is 2. The summed E-state index contributed by atoms with van der Waals surface area (Å²) in [6.07, 6.45) is 12.5. The molecule has 0 saturated carbocycles. The average Bonchev–Trinajstić information content (AvgIpc) is 2.35. The molecule has 0 radical (unpaired) electrons. The summed E-state index contributed by atoms with van der Waals surface area (Å²) in [5.41, 5.74) is 5.18. The molecule has 0 aromatic carbocycles. The van der Waals surface area contributed by atoms with Gasteiger partial charge in [0.15, 0.2) is 0 Å². The van der Waals surface area contributed by atoms with Gasteiger partial charge in [0, 0.05) is 6.54 Å². The van der Waals surface area contributed by atoms with Gasteiger partial charge in [0.1, 0.15) is 0 Å². The number of nitrogens with zero attached hydrogens (tertiary/aromatic N) is 2. The summed E-state index contributed by atoms with van der Waals surface area (Å²) in [4.78, 5) is 10.3. The van der Waals surface area contributed by atoms with E-state index in [0.717, 1.165) is 17.9 Å². The highest BCUT2D eigenvalue weighted by Crippen LogP contribution is 2.10. The highest BCUT2D eigenvalue weighted by Gasteiger charge is 2.04. The van der Waals surface area contributed by atoms with Gasteiger partial charge in [-0.25, -0.2) is 0 Å². The van der Waals surface area contributed by atoms with Gasteiger partial charge in [-0.15, -0.1) is 4.91 Å². The van der Waals surface area contributed by atoms with Gasteiger partial charge in [0.2, 0.25) is 5.96 Å². The van der Waals surface area contributed by atoms with E-state index in [2.05, 4.69) is 12.2 Å². The molecule has 0 aromatic rings. The van der Waals surface area contributed by atoms with Crippen LogP contribution in [0, 0.1) is 10.3 Å². The minimum absolute atomic E-state index is 0.263. The van der Waals surface area contributed by atoms with E-state index < -0.39 is 0 Å². The van der Waals surface area contributed by atoms with E-state index >= 15 is 0 Å². The first-order valence-electron chi connectivity index (χ1n) is 7.17.